The van der Waals surface area contributed by atoms with E-state index in [0.717, 1.165) is 30.4 Å². The number of nitrogens with one attached hydrogen (secondary N) is 1. The average molecular weight is 405 g/mol. The zero-order valence-electron chi connectivity index (χ0n) is 16.7. The number of nitrogens with zero attached hydrogens (tertiary/aromatic N) is 2. The molecule has 1 heterocycles. The van der Waals surface area contributed by atoms with Crippen molar-refractivity contribution in [1.29, 1.82) is 0 Å². The van der Waals surface area contributed by atoms with Crippen LogP contribution in [0.3, 0.4) is 0 Å². The average Bonchev–Trinajstić information content (AvgIpc) is 3.25. The molecular weight excluding hydrogens is 381 g/mol. The summed E-state index contributed by atoms with van der Waals surface area (Å²) in [7, 11) is 0. The van der Waals surface area contributed by atoms with E-state index in [1.165, 1.54) is 23.8 Å². The summed E-state index contributed by atoms with van der Waals surface area (Å²) in [6.07, 6.45) is 4.32. The molecule has 0 saturated heterocycles. The summed E-state index contributed by atoms with van der Waals surface area (Å²) in [6, 6.07) is 19.3. The van der Waals surface area contributed by atoms with Crippen molar-refractivity contribution in [2.75, 3.05) is 6.54 Å². The van der Waals surface area contributed by atoms with Gasteiger partial charge in [-0.05, 0) is 36.6 Å². The molecule has 0 spiro atoms. The van der Waals surface area contributed by atoms with Crippen molar-refractivity contribution in [2.45, 2.75) is 37.6 Å². The quantitative estimate of drug-likeness (QED) is 0.681. The van der Waals surface area contributed by atoms with Crippen LogP contribution in [0.15, 0.2) is 71.5 Å². The van der Waals surface area contributed by atoms with Gasteiger partial charge in [-0.2, -0.15) is 5.10 Å². The molecule has 1 saturated carbocycles. The second-order valence-corrected chi connectivity index (χ2v) is 7.82. The zero-order valence-corrected chi connectivity index (χ0v) is 16.7. The molecule has 30 heavy (non-hydrogen) atoms. The molecule has 0 unspecified atom stereocenters. The highest BCUT2D eigenvalue weighted by atomic mass is 19.1. The number of hydrogen-bond donors (Lipinski definition) is 1. The molecular formula is C24H24FN3O2. The van der Waals surface area contributed by atoms with Crippen molar-refractivity contribution in [3.8, 4) is 11.3 Å². The highest BCUT2D eigenvalue weighted by molar-refractivity contribution is 5.75. The topological polar surface area (TPSA) is 64.0 Å². The first-order chi connectivity index (χ1) is 14.6. The first-order valence-corrected chi connectivity index (χ1v) is 10.2. The molecule has 1 aromatic heterocycles. The van der Waals surface area contributed by atoms with Crippen molar-refractivity contribution < 1.29 is 9.18 Å². The Morgan fingerprint density at radius 1 is 1.00 bits per heavy atom. The second-order valence-electron chi connectivity index (χ2n) is 7.82. The fourth-order valence-electron chi connectivity index (χ4n) is 4.25. The number of carbonyl (C=O) groups is 1. The lowest BCUT2D eigenvalue weighted by molar-refractivity contribution is -0.122. The van der Waals surface area contributed by atoms with Gasteiger partial charge in [-0.3, -0.25) is 9.59 Å². The number of amides is 1. The Balaban J connectivity index is 1.48. The Hall–Kier alpha value is -3.28. The van der Waals surface area contributed by atoms with Crippen LogP contribution in [0.4, 0.5) is 4.39 Å². The highest BCUT2D eigenvalue weighted by Gasteiger charge is 2.35. The van der Waals surface area contributed by atoms with E-state index in [1.807, 2.05) is 18.2 Å². The summed E-state index contributed by atoms with van der Waals surface area (Å²) in [4.78, 5) is 24.8. The lowest BCUT2D eigenvalue weighted by Gasteiger charge is -2.30. The number of halogens is 1. The minimum absolute atomic E-state index is 0.0652. The monoisotopic (exact) mass is 405 g/mol. The van der Waals surface area contributed by atoms with Crippen molar-refractivity contribution in [1.82, 2.24) is 15.1 Å². The standard InChI is InChI=1S/C24H24FN3O2/c25-20-11-5-4-10-19(20)21-12-13-23(30)28(27-21)16-22(29)26-17-24(14-6-7-15-24)18-8-2-1-3-9-18/h1-5,8-13H,6-7,14-17H2,(H,26,29). The van der Waals surface area contributed by atoms with Gasteiger partial charge in [0, 0.05) is 23.6 Å². The molecule has 1 fully saturated rings. The SMILES string of the molecule is O=C(Cn1nc(-c2ccccc2F)ccc1=O)NCC1(c2ccccc2)CCCC1. The van der Waals surface area contributed by atoms with Gasteiger partial charge in [0.15, 0.2) is 0 Å². The fourth-order valence-corrected chi connectivity index (χ4v) is 4.25. The fraction of sp³-hybridized carbons (Fsp3) is 0.292. The van der Waals surface area contributed by atoms with Gasteiger partial charge in [0.2, 0.25) is 5.91 Å². The molecule has 1 aliphatic rings. The van der Waals surface area contributed by atoms with Crippen molar-refractivity contribution >= 4 is 5.91 Å². The predicted octanol–water partition coefficient (Wildman–Crippen LogP) is 3.68. The van der Waals surface area contributed by atoms with Crippen molar-refractivity contribution in [3.05, 3.63) is 88.5 Å². The number of benzene rings is 2. The molecule has 4 rings (SSSR count). The molecule has 0 bridgehead atoms. The minimum atomic E-state index is -0.425. The predicted molar refractivity (Wildman–Crippen MR) is 113 cm³/mol. The minimum Gasteiger partial charge on any atom is -0.354 e. The Morgan fingerprint density at radius 3 is 2.43 bits per heavy atom. The number of hydrogen-bond acceptors (Lipinski definition) is 3. The molecule has 3 aromatic rings. The van der Waals surface area contributed by atoms with Crippen LogP contribution in [0.25, 0.3) is 11.3 Å². The molecule has 6 heteroatoms. The van der Waals surface area contributed by atoms with E-state index in [0.29, 0.717) is 17.8 Å². The maximum atomic E-state index is 14.1. The first-order valence-electron chi connectivity index (χ1n) is 10.2. The Bertz CT molecular complexity index is 1090. The molecule has 0 aliphatic heterocycles. The summed E-state index contributed by atoms with van der Waals surface area (Å²) in [6.45, 7) is 0.323. The van der Waals surface area contributed by atoms with Crippen LogP contribution in [0, 0.1) is 5.82 Å². The summed E-state index contributed by atoms with van der Waals surface area (Å²) in [5.74, 6) is -0.705. The van der Waals surface area contributed by atoms with Crippen LogP contribution in [-0.2, 0) is 16.8 Å². The van der Waals surface area contributed by atoms with Gasteiger partial charge in [-0.1, -0.05) is 55.3 Å². The molecule has 0 atom stereocenters. The van der Waals surface area contributed by atoms with Crippen LogP contribution in [0.1, 0.15) is 31.2 Å². The van der Waals surface area contributed by atoms with E-state index in [1.54, 1.807) is 18.2 Å². The Kier molecular flexibility index (Phi) is 5.74. The van der Waals surface area contributed by atoms with Crippen LogP contribution in [0.2, 0.25) is 0 Å². The molecule has 1 amide bonds. The molecule has 2 aromatic carbocycles. The second kappa shape index (κ2) is 8.61. The number of aromatic nitrogens is 2. The third kappa shape index (κ3) is 4.17. The third-order valence-corrected chi connectivity index (χ3v) is 5.88. The summed E-state index contributed by atoms with van der Waals surface area (Å²) in [5, 5.41) is 7.20. The van der Waals surface area contributed by atoms with Gasteiger partial charge >= 0.3 is 0 Å². The van der Waals surface area contributed by atoms with Crippen LogP contribution in [-0.4, -0.2) is 22.2 Å². The van der Waals surface area contributed by atoms with E-state index < -0.39 is 11.4 Å². The van der Waals surface area contributed by atoms with E-state index in [2.05, 4.69) is 22.5 Å². The number of carbonyl (C=O) groups excluding carboxylic acids is 1. The van der Waals surface area contributed by atoms with Crippen LogP contribution in [0.5, 0.6) is 0 Å². The van der Waals surface area contributed by atoms with Gasteiger partial charge in [0.05, 0.1) is 5.69 Å². The maximum absolute atomic E-state index is 14.1. The summed E-state index contributed by atoms with van der Waals surface area (Å²) >= 11 is 0. The van der Waals surface area contributed by atoms with Gasteiger partial charge in [-0.15, -0.1) is 0 Å². The molecule has 0 radical (unpaired) electrons. The largest absolute Gasteiger partial charge is 0.354 e. The van der Waals surface area contributed by atoms with Gasteiger partial charge < -0.3 is 5.32 Å². The molecule has 5 nitrogen and oxygen atoms in total. The maximum Gasteiger partial charge on any atom is 0.267 e. The lowest BCUT2D eigenvalue weighted by atomic mass is 9.79. The van der Waals surface area contributed by atoms with E-state index in [4.69, 9.17) is 0 Å². The third-order valence-electron chi connectivity index (χ3n) is 5.88. The Morgan fingerprint density at radius 2 is 1.70 bits per heavy atom. The van der Waals surface area contributed by atoms with Gasteiger partial charge in [-0.25, -0.2) is 9.07 Å². The summed E-state index contributed by atoms with van der Waals surface area (Å²) in [5.41, 5.74) is 1.38. The van der Waals surface area contributed by atoms with Crippen molar-refractivity contribution in [2.24, 2.45) is 0 Å². The van der Waals surface area contributed by atoms with E-state index in [-0.39, 0.29) is 17.9 Å². The van der Waals surface area contributed by atoms with Gasteiger partial charge in [0.1, 0.15) is 12.4 Å². The number of rotatable bonds is 6. The molecule has 154 valence electrons. The van der Waals surface area contributed by atoms with Crippen LogP contribution < -0.4 is 10.9 Å². The van der Waals surface area contributed by atoms with Gasteiger partial charge in [0.25, 0.3) is 5.56 Å². The summed E-state index contributed by atoms with van der Waals surface area (Å²) < 4.78 is 15.1. The zero-order chi connectivity index (χ0) is 21.0. The van der Waals surface area contributed by atoms with E-state index >= 15 is 0 Å². The highest BCUT2D eigenvalue weighted by Crippen LogP contribution is 2.40. The molecule has 1 N–H and O–H groups in total. The van der Waals surface area contributed by atoms with Crippen molar-refractivity contribution in [3.63, 3.8) is 0 Å². The normalized spacial score (nSPS) is 15.1. The smallest absolute Gasteiger partial charge is 0.267 e. The molecule has 1 aliphatic carbocycles. The Labute approximate surface area is 174 Å². The van der Waals surface area contributed by atoms with E-state index in [9.17, 15) is 14.0 Å². The van der Waals surface area contributed by atoms with Crippen LogP contribution >= 0.6 is 0 Å². The first kappa shape index (κ1) is 20.0. The lowest BCUT2D eigenvalue weighted by Crippen LogP contribution is -2.41.